The molecule has 14 rings (SSSR count). The summed E-state index contributed by atoms with van der Waals surface area (Å²) in [5.74, 6) is 0. The maximum atomic E-state index is 9.87. The number of hydrogen-bond donors (Lipinski definition) is 0. The number of halogens is 12. The fraction of sp³-hybridized carbons (Fsp3) is 0. The van der Waals surface area contributed by atoms with Gasteiger partial charge in [-0.1, -0.05) is 231 Å². The largest absolute Gasteiger partial charge is 1.00 e. The number of aliphatic imine (C=N–C) groups is 4. The molecule has 4 nitrogen and oxygen atoms in total. The van der Waals surface area contributed by atoms with Crippen LogP contribution in [0.25, 0.3) is 0 Å². The van der Waals surface area contributed by atoms with Crippen molar-refractivity contribution >= 4 is 159 Å². The van der Waals surface area contributed by atoms with Crippen molar-refractivity contribution in [3.63, 3.8) is 0 Å². The van der Waals surface area contributed by atoms with Crippen molar-refractivity contribution in [1.29, 1.82) is 0 Å². The van der Waals surface area contributed by atoms with E-state index in [-0.39, 0.29) is 34.1 Å². The molecule has 0 unspecified atom stereocenters. The van der Waals surface area contributed by atoms with Gasteiger partial charge >= 0.3 is 100 Å². The molecule has 14 aromatic rings. The van der Waals surface area contributed by atoms with Crippen molar-refractivity contribution < 1.29 is 84.5 Å². The number of benzene rings is 14. The van der Waals surface area contributed by atoms with Crippen molar-refractivity contribution in [2.24, 2.45) is 20.0 Å². The van der Waals surface area contributed by atoms with E-state index in [9.17, 15) is 50.4 Å². The second-order valence-corrected chi connectivity index (χ2v) is 38.4. The van der Waals surface area contributed by atoms with Gasteiger partial charge in [-0.2, -0.15) is 0 Å². The summed E-state index contributed by atoms with van der Waals surface area (Å²) in [7, 11) is -26.3. The zero-order valence-electron chi connectivity index (χ0n) is 59.1. The summed E-state index contributed by atoms with van der Waals surface area (Å²) in [5, 5.41) is 15.9. The Morgan fingerprint density at radius 1 is 0.179 bits per heavy atom. The first-order valence-corrected chi connectivity index (χ1v) is 44.4. The Kier molecular flexibility index (Phi) is 29.3. The molecule has 0 saturated carbocycles. The molecule has 14 aromatic carbocycles. The normalized spacial score (nSPS) is 12.8. The van der Waals surface area contributed by atoms with Crippen LogP contribution < -0.4 is 63.7 Å². The van der Waals surface area contributed by atoms with Gasteiger partial charge in [0.2, 0.25) is 0 Å². The van der Waals surface area contributed by atoms with Gasteiger partial charge in [-0.25, -0.2) is 0 Å². The van der Waals surface area contributed by atoms with Crippen LogP contribution in [-0.2, 0) is 34.1 Å². The van der Waals surface area contributed by atoms with Crippen LogP contribution in [0.1, 0.15) is 22.3 Å². The molecular formula is C88H72Cu2F12N4P6+4. The molecule has 0 heterocycles. The maximum absolute atomic E-state index is 10.7. The Labute approximate surface area is 668 Å². The summed E-state index contributed by atoms with van der Waals surface area (Å²) in [6.45, 7) is 0. The zero-order chi connectivity index (χ0) is 77.6. The fourth-order valence-electron chi connectivity index (χ4n) is 12.0. The molecule has 0 aromatic heterocycles. The van der Waals surface area contributed by atoms with Gasteiger partial charge in [-0.15, -0.1) is 0 Å². The first-order valence-electron chi connectivity index (χ1n) is 34.3. The Morgan fingerprint density at radius 2 is 0.312 bits per heavy atom. The molecule has 0 bridgehead atoms. The van der Waals surface area contributed by atoms with Crippen molar-refractivity contribution in [3.8, 4) is 0 Å². The number of rotatable bonds is 20. The molecule has 0 atom stereocenters. The van der Waals surface area contributed by atoms with E-state index in [1.165, 1.54) is 63.7 Å². The second kappa shape index (κ2) is 37.9. The van der Waals surface area contributed by atoms with Gasteiger partial charge in [0.15, 0.2) is 0 Å². The van der Waals surface area contributed by atoms with Gasteiger partial charge in [0.05, 0.1) is 0 Å². The van der Waals surface area contributed by atoms with E-state index in [0.29, 0.717) is 0 Å². The summed E-state index contributed by atoms with van der Waals surface area (Å²) in [4.78, 5) is 20.3. The van der Waals surface area contributed by atoms with Crippen LogP contribution in [-0.4, -0.2) is 24.9 Å². The third-order valence-corrected chi connectivity index (χ3v) is 27.6. The molecule has 0 N–H and O–H groups in total. The second-order valence-electron chi connectivity index (χ2n) is 24.8. The molecular weight excluding hydrogens is 1650 g/mol. The molecule has 0 aliphatic carbocycles. The van der Waals surface area contributed by atoms with Gasteiger partial charge in [0.25, 0.3) is 0 Å². The topological polar surface area (TPSA) is 49.4 Å². The third kappa shape index (κ3) is 28.6. The van der Waals surface area contributed by atoms with Crippen LogP contribution in [0.3, 0.4) is 0 Å². The number of nitrogens with zero attached hydrogens (tertiary/aromatic N) is 4. The summed E-state index contributed by atoms with van der Waals surface area (Å²) < 4.78 is 118. The summed E-state index contributed by atoms with van der Waals surface area (Å²) in [5.41, 5.74) is 8.16. The van der Waals surface area contributed by atoms with Crippen molar-refractivity contribution in [3.05, 3.63) is 411 Å². The predicted octanol–water partition coefficient (Wildman–Crippen LogP) is 23.1. The molecule has 576 valence electrons. The first kappa shape index (κ1) is 86.5. The maximum Gasteiger partial charge on any atom is 1.00 e. The van der Waals surface area contributed by atoms with Crippen LogP contribution >= 0.6 is 47.3 Å². The number of para-hydroxylation sites is 4. The first-order chi connectivity index (χ1) is 52.6. The van der Waals surface area contributed by atoms with Crippen LogP contribution in [0.4, 0.5) is 73.1 Å². The summed E-state index contributed by atoms with van der Waals surface area (Å²) in [6.07, 6.45) is 7.91. The fourth-order valence-corrected chi connectivity index (χ4v) is 22.7. The Hall–Kier alpha value is -9.46. The molecule has 0 fully saturated rings. The molecule has 0 amide bonds. The van der Waals surface area contributed by atoms with Crippen LogP contribution in [0.2, 0.25) is 0 Å². The molecule has 0 saturated heterocycles. The minimum atomic E-state index is -10.7. The minimum Gasteiger partial charge on any atom is 1.00 e. The average Bonchev–Trinajstić information content (AvgIpc) is 0.771. The standard InChI is InChI=1S/2C44H34N2P2.2Cu.2F6P/c2*1-5-20-37(21-6-1)47(38-22-7-2-8-23-38)43-30-15-13-28-41(43)45-33-35-18-17-19-36(32-35)34-46-42-29-14-16-31-44(42)48(39-24-9-3-10-25-39)40-26-11-4-12-27-40;;;2*1-7(2,3,4,5)6/h2*1-34H;;;;/q;;2*+1;2*-1/p+4. The van der Waals surface area contributed by atoms with E-state index in [4.69, 9.17) is 20.0 Å². The Morgan fingerprint density at radius 3 is 0.464 bits per heavy atom. The van der Waals surface area contributed by atoms with Gasteiger partial charge in [0, 0.05) is 24.9 Å². The van der Waals surface area contributed by atoms with E-state index in [0.717, 1.165) is 45.0 Å². The summed E-state index contributed by atoms with van der Waals surface area (Å²) >= 11 is 0. The Bertz CT molecular complexity index is 4630. The van der Waals surface area contributed by atoms with Crippen LogP contribution in [0.15, 0.2) is 408 Å². The SMILES string of the molecule is C(=Nc1ccccc1[PH+](c1ccccc1)c1ccccc1)c1cccc(C=Nc2ccccc2[PH+](c2ccccc2)c2ccccc2)c1.C(=Nc1ccccc1[PH+](c1ccccc1)c1ccccc1)c1cccc(C=Nc2ccccc2[PH+](c2ccccc2)c2ccccc2)c1.F[P-](F)(F)(F)(F)F.F[P-](F)(F)(F)(F)F.[Cu+].[Cu+]. The average molecular weight is 1730 g/mol. The Balaban J connectivity index is 0.000000216. The molecule has 0 aliphatic heterocycles. The van der Waals surface area contributed by atoms with Gasteiger partial charge in [-0.05, 0) is 180 Å². The monoisotopic (exact) mass is 1720 g/mol. The third-order valence-electron chi connectivity index (χ3n) is 16.4. The van der Waals surface area contributed by atoms with Gasteiger partial charge < -0.3 is 0 Å². The van der Waals surface area contributed by atoms with Crippen LogP contribution in [0.5, 0.6) is 0 Å². The van der Waals surface area contributed by atoms with Crippen molar-refractivity contribution in [2.45, 2.75) is 0 Å². The van der Waals surface area contributed by atoms with Crippen LogP contribution in [0, 0.1) is 0 Å². The summed E-state index contributed by atoms with van der Waals surface area (Å²) in [6, 6.07) is 138. The molecule has 0 aliphatic rings. The van der Waals surface area contributed by atoms with E-state index in [1.807, 2.05) is 24.9 Å². The molecule has 0 spiro atoms. The van der Waals surface area contributed by atoms with Gasteiger partial charge in [0.1, 0.15) is 118 Å². The van der Waals surface area contributed by atoms with E-state index < -0.39 is 47.3 Å². The van der Waals surface area contributed by atoms with Gasteiger partial charge in [-0.3, -0.25) is 20.0 Å². The van der Waals surface area contributed by atoms with Crippen molar-refractivity contribution in [1.82, 2.24) is 0 Å². The molecule has 112 heavy (non-hydrogen) atoms. The van der Waals surface area contributed by atoms with E-state index >= 15 is 0 Å². The smallest absolute Gasteiger partial charge is 1.00 e. The van der Waals surface area contributed by atoms with E-state index in [2.05, 4.69) is 388 Å². The quantitative estimate of drug-likeness (QED) is 0.0316. The zero-order valence-corrected chi connectivity index (χ0v) is 66.8. The molecule has 0 radical (unpaired) electrons. The van der Waals surface area contributed by atoms with Crippen molar-refractivity contribution in [2.75, 3.05) is 0 Å². The number of hydrogen-bond acceptors (Lipinski definition) is 4. The predicted molar refractivity (Wildman–Crippen MR) is 455 cm³/mol. The van der Waals surface area contributed by atoms with E-state index in [1.54, 1.807) is 0 Å². The minimum absolute atomic E-state index is 0. The molecule has 24 heteroatoms.